The molecule has 6 atom stereocenters. The summed E-state index contributed by atoms with van der Waals surface area (Å²) in [7, 11) is -2.07. The molecule has 1 saturated carbocycles. The number of nitrogens with zero attached hydrogens (tertiary/aromatic N) is 2. The van der Waals surface area contributed by atoms with Gasteiger partial charge in [-0.3, -0.25) is 4.79 Å². The molecule has 50 heavy (non-hydrogen) atoms. The van der Waals surface area contributed by atoms with Crippen LogP contribution in [0, 0.1) is 17.8 Å². The lowest BCUT2D eigenvalue weighted by molar-refractivity contribution is -0.0841. The number of nitrogens with one attached hydrogen (secondary N) is 1. The van der Waals surface area contributed by atoms with Crippen molar-refractivity contribution in [1.29, 1.82) is 0 Å². The Bertz CT molecular complexity index is 1710. The molecule has 8 nitrogen and oxygen atoms in total. The molecule has 2 aromatic rings. The fraction of sp³-hybridized carbons (Fsp3) is 0.625. The second kappa shape index (κ2) is 14.4. The summed E-state index contributed by atoms with van der Waals surface area (Å²) in [5.74, 6) is 0.608. The zero-order chi connectivity index (χ0) is 35.1. The normalized spacial score (nSPS) is 33.6. The Labute approximate surface area is 304 Å². The zero-order valence-electron chi connectivity index (χ0n) is 30.0. The van der Waals surface area contributed by atoms with Gasteiger partial charge in [0.25, 0.3) is 5.91 Å². The smallest absolute Gasteiger partial charge is 0.264 e. The number of benzene rings is 2. The lowest BCUT2D eigenvalue weighted by Gasteiger charge is -2.51. The average Bonchev–Trinajstić information content (AvgIpc) is 3.25. The van der Waals surface area contributed by atoms with Crippen LogP contribution < -0.4 is 14.4 Å². The summed E-state index contributed by atoms with van der Waals surface area (Å²) in [6, 6.07) is 11.7. The molecule has 2 fully saturated rings. The highest BCUT2D eigenvalue weighted by Crippen LogP contribution is 2.50. The van der Waals surface area contributed by atoms with Crippen LogP contribution >= 0.6 is 11.6 Å². The third kappa shape index (κ3) is 6.96. The van der Waals surface area contributed by atoms with Crippen LogP contribution in [0.2, 0.25) is 5.02 Å². The van der Waals surface area contributed by atoms with Crippen LogP contribution in [-0.4, -0.2) is 76.5 Å². The van der Waals surface area contributed by atoms with Gasteiger partial charge in [0.1, 0.15) is 5.75 Å². The molecule has 3 heterocycles. The van der Waals surface area contributed by atoms with E-state index in [2.05, 4.69) is 38.8 Å². The molecule has 10 heteroatoms. The van der Waals surface area contributed by atoms with Gasteiger partial charge >= 0.3 is 0 Å². The highest BCUT2D eigenvalue weighted by molar-refractivity contribution is 7.90. The number of methoxy groups -OCH3 is 1. The predicted octanol–water partition coefficient (Wildman–Crippen LogP) is 7.14. The van der Waals surface area contributed by atoms with Gasteiger partial charge in [-0.2, -0.15) is 0 Å². The molecule has 0 unspecified atom stereocenters. The quantitative estimate of drug-likeness (QED) is 0.336. The topological polar surface area (TPSA) is 88.2 Å². The van der Waals surface area contributed by atoms with Gasteiger partial charge in [-0.25, -0.2) is 13.1 Å². The minimum atomic E-state index is -3.93. The molecule has 3 aliphatic heterocycles. The summed E-state index contributed by atoms with van der Waals surface area (Å²) < 4.78 is 42.8. The molecule has 272 valence electrons. The number of ether oxygens (including phenoxy) is 2. The molecule has 5 aliphatic rings. The first-order chi connectivity index (χ1) is 24.0. The van der Waals surface area contributed by atoms with Crippen LogP contribution in [0.15, 0.2) is 48.6 Å². The van der Waals surface area contributed by atoms with Gasteiger partial charge in [0, 0.05) is 42.7 Å². The van der Waals surface area contributed by atoms with Crippen molar-refractivity contribution in [3.8, 4) is 5.75 Å². The highest BCUT2D eigenvalue weighted by Gasteiger charge is 2.49. The van der Waals surface area contributed by atoms with E-state index >= 15 is 0 Å². The number of carbonyl (C=O) groups is 1. The Balaban J connectivity index is 1.30. The van der Waals surface area contributed by atoms with E-state index in [9.17, 15) is 13.2 Å². The predicted molar refractivity (Wildman–Crippen MR) is 200 cm³/mol. The monoisotopic (exact) mass is 723 g/mol. The molecule has 2 aliphatic carbocycles. The van der Waals surface area contributed by atoms with E-state index in [0.717, 1.165) is 87.7 Å². The molecule has 1 saturated heterocycles. The van der Waals surface area contributed by atoms with E-state index in [-0.39, 0.29) is 11.3 Å². The molecule has 1 amide bonds. The van der Waals surface area contributed by atoms with Gasteiger partial charge < -0.3 is 19.3 Å². The van der Waals surface area contributed by atoms with E-state index in [0.29, 0.717) is 30.4 Å². The molecule has 1 N–H and O–H groups in total. The zero-order valence-corrected chi connectivity index (χ0v) is 31.5. The lowest BCUT2D eigenvalue weighted by atomic mass is 9.62. The molecule has 2 aromatic carbocycles. The fourth-order valence-electron chi connectivity index (χ4n) is 9.46. The number of anilines is 1. The number of sulfonamides is 1. The lowest BCUT2D eigenvalue weighted by Crippen LogP contribution is -2.54. The van der Waals surface area contributed by atoms with E-state index in [1.807, 2.05) is 32.2 Å². The number of fused-ring (bicyclic) bond motifs is 4. The van der Waals surface area contributed by atoms with Crippen LogP contribution in [0.4, 0.5) is 5.69 Å². The maximum atomic E-state index is 13.6. The number of piperidine rings is 1. The minimum Gasteiger partial charge on any atom is -0.490 e. The molecular weight excluding hydrogens is 670 g/mol. The Morgan fingerprint density at radius 1 is 1.06 bits per heavy atom. The molecule has 2 bridgehead atoms. The Hall–Kier alpha value is -2.59. The minimum absolute atomic E-state index is 0.196. The third-order valence-corrected chi connectivity index (χ3v) is 15.0. The molecular formula is C40H54ClN3O5S. The fourth-order valence-corrected chi connectivity index (χ4v) is 10.9. The van der Waals surface area contributed by atoms with Gasteiger partial charge in [-0.05, 0) is 137 Å². The Morgan fingerprint density at radius 2 is 1.88 bits per heavy atom. The van der Waals surface area contributed by atoms with E-state index in [4.69, 9.17) is 21.1 Å². The standard InChI is InChI=1S/C40H54ClN3O5S/c1-28-9-7-18-40(48-3,19-22-43-20-5-4-6-21-43)35-14-11-32(35)25-44-26-39(17-8-10-30-23-33(41)13-15-34(30)39)27-49-37-16-12-31(24-36(37)44)38(45)42-50(46,47)29(28)2/h7,12-13,15-16,18,23-24,28-29,32,35H,4-6,8-11,14,17,19-22,25-27H2,1-3H3,(H,42,45)/b18-7-/t28-,29+,32-,35+,39-,40-/m0/s1. The van der Waals surface area contributed by atoms with Crippen molar-refractivity contribution in [3.63, 3.8) is 0 Å². The van der Waals surface area contributed by atoms with E-state index in [1.54, 1.807) is 13.0 Å². The van der Waals surface area contributed by atoms with Gasteiger partial charge in [0.05, 0.1) is 23.1 Å². The number of amides is 1. The van der Waals surface area contributed by atoms with Crippen LogP contribution in [0.1, 0.15) is 93.1 Å². The average molecular weight is 724 g/mol. The third-order valence-electron chi connectivity index (χ3n) is 12.9. The van der Waals surface area contributed by atoms with Crippen molar-refractivity contribution >= 4 is 33.2 Å². The van der Waals surface area contributed by atoms with Crippen LogP contribution in [0.5, 0.6) is 5.75 Å². The number of allylic oxidation sites excluding steroid dienone is 1. The van der Waals surface area contributed by atoms with Crippen LogP contribution in [-0.2, 0) is 26.6 Å². The summed E-state index contributed by atoms with van der Waals surface area (Å²) >= 11 is 6.49. The van der Waals surface area contributed by atoms with Crippen LogP contribution in [0.25, 0.3) is 0 Å². The first-order valence-corrected chi connectivity index (χ1v) is 20.8. The highest BCUT2D eigenvalue weighted by atomic mass is 35.5. The number of hydrogen-bond acceptors (Lipinski definition) is 7. The Morgan fingerprint density at radius 3 is 2.64 bits per heavy atom. The number of hydrogen-bond donors (Lipinski definition) is 1. The molecule has 1 spiro atoms. The maximum Gasteiger partial charge on any atom is 0.264 e. The second-order valence-electron chi connectivity index (χ2n) is 15.8. The summed E-state index contributed by atoms with van der Waals surface area (Å²) in [5.41, 5.74) is 3.04. The largest absolute Gasteiger partial charge is 0.490 e. The van der Waals surface area contributed by atoms with Crippen molar-refractivity contribution in [1.82, 2.24) is 9.62 Å². The van der Waals surface area contributed by atoms with Crippen molar-refractivity contribution in [2.75, 3.05) is 51.3 Å². The van der Waals surface area contributed by atoms with Crippen molar-refractivity contribution in [2.45, 2.75) is 94.3 Å². The number of carbonyl (C=O) groups excluding carboxylic acids is 1. The molecule has 7 rings (SSSR count). The summed E-state index contributed by atoms with van der Waals surface area (Å²) in [5, 5.41) is -0.00470. The first-order valence-electron chi connectivity index (χ1n) is 18.8. The second-order valence-corrected chi connectivity index (χ2v) is 18.3. The van der Waals surface area contributed by atoms with E-state index in [1.165, 1.54) is 30.4 Å². The van der Waals surface area contributed by atoms with Crippen molar-refractivity contribution in [2.24, 2.45) is 17.8 Å². The summed E-state index contributed by atoms with van der Waals surface area (Å²) in [6.45, 7) is 8.95. The van der Waals surface area contributed by atoms with Crippen LogP contribution in [0.3, 0.4) is 0 Å². The Kier molecular flexibility index (Phi) is 10.3. The number of likely N-dealkylation sites (tertiary alicyclic amines) is 1. The van der Waals surface area contributed by atoms with Gasteiger partial charge in [0.15, 0.2) is 0 Å². The van der Waals surface area contributed by atoms with Gasteiger partial charge in [0.2, 0.25) is 10.0 Å². The van der Waals surface area contributed by atoms with Crippen molar-refractivity contribution < 1.29 is 22.7 Å². The van der Waals surface area contributed by atoms with Crippen molar-refractivity contribution in [3.05, 3.63) is 70.3 Å². The summed E-state index contributed by atoms with van der Waals surface area (Å²) in [4.78, 5) is 18.6. The SMILES string of the molecule is CO[C@]1(CCN2CCCCC2)/C=C\C[C@H](C)[C@@H](C)S(=O)(=O)NC(=O)c2ccc3c(c2)N(C[C@@H]2CC[C@H]21)C[C@@]1(CCCc2cc(Cl)ccc21)CO3. The molecule has 0 radical (unpaired) electrons. The molecule has 0 aromatic heterocycles. The first kappa shape index (κ1) is 35.8. The number of rotatable bonds is 4. The van der Waals surface area contributed by atoms with Gasteiger partial charge in [-0.15, -0.1) is 0 Å². The summed E-state index contributed by atoms with van der Waals surface area (Å²) in [6.07, 6.45) is 14.9. The maximum absolute atomic E-state index is 13.6. The van der Waals surface area contributed by atoms with Gasteiger partial charge in [-0.1, -0.05) is 43.2 Å². The number of aryl methyl sites for hydroxylation is 1. The number of halogens is 1. The van der Waals surface area contributed by atoms with E-state index < -0.39 is 26.8 Å².